The number of benzene rings is 1. The second kappa shape index (κ2) is 10.3. The average molecular weight is 574 g/mol. The second-order valence-electron chi connectivity index (χ2n) is 16.6. The van der Waals surface area contributed by atoms with Gasteiger partial charge in [-0.25, -0.2) is 0 Å². The van der Waals surface area contributed by atoms with Gasteiger partial charge in [-0.05, 0) is 84.7 Å². The smallest absolute Gasteiger partial charge is 0.192 e. The molecule has 0 bridgehead atoms. The number of hydrogen-bond donors (Lipinski definition) is 0. The molecule has 3 nitrogen and oxygen atoms in total. The Kier molecular flexibility index (Phi) is 7.43. The third-order valence-corrected chi connectivity index (χ3v) is 15.9. The number of nitrogens with zero attached hydrogens (tertiary/aromatic N) is 1. The number of fused-ring (bicyclic) bond motifs is 4. The highest BCUT2D eigenvalue weighted by atomic mass is 28.4. The Labute approximate surface area is 251 Å². The van der Waals surface area contributed by atoms with Crippen molar-refractivity contribution in [2.45, 2.75) is 160 Å². The molecule has 1 aromatic carbocycles. The van der Waals surface area contributed by atoms with Crippen molar-refractivity contribution in [3.05, 3.63) is 63.5 Å². The molecule has 0 N–H and O–H groups in total. The van der Waals surface area contributed by atoms with Crippen LogP contribution in [0.3, 0.4) is 0 Å². The van der Waals surface area contributed by atoms with Gasteiger partial charge < -0.3 is 9.16 Å². The topological polar surface area (TPSA) is 31.4 Å². The van der Waals surface area contributed by atoms with Crippen molar-refractivity contribution in [2.75, 3.05) is 0 Å². The highest BCUT2D eigenvalue weighted by Gasteiger charge is 2.54. The number of ether oxygens (including phenoxy) is 1. The standard InChI is InChI=1S/C37H55NO2Si/c1-24(2)25-16-18-27(19-17-25)34-31-32(37(39-34)20-12-13-21-37)30-28(38-33(31)26-14-10-11-15-26)22-36(6,7)23-29(30)40-41(8,9)35(3,4)5/h16-19,24,26,29,34H,10-15,20-23H2,1-9H3. The molecule has 4 aliphatic rings. The molecule has 2 fully saturated rings. The highest BCUT2D eigenvalue weighted by Crippen LogP contribution is 2.61. The van der Waals surface area contributed by atoms with E-state index in [1.54, 1.807) is 0 Å². The SMILES string of the molecule is CC(C)c1ccc(C2OC3(CCCC3)c3c4c(nc(C5CCCC5)c32)CC(C)(C)CC4O[Si](C)(C)C(C)(C)C)cc1. The quantitative estimate of drug-likeness (QED) is 0.333. The van der Waals surface area contributed by atoms with E-state index in [1.807, 2.05) is 0 Å². The first-order valence-electron chi connectivity index (χ1n) is 16.7. The lowest BCUT2D eigenvalue weighted by Crippen LogP contribution is -2.44. The van der Waals surface area contributed by atoms with Crippen LogP contribution in [0, 0.1) is 5.41 Å². The van der Waals surface area contributed by atoms with E-state index in [9.17, 15) is 0 Å². The first kappa shape index (κ1) is 29.6. The molecule has 41 heavy (non-hydrogen) atoms. The third kappa shape index (κ3) is 5.18. The molecule has 224 valence electrons. The lowest BCUT2D eigenvalue weighted by molar-refractivity contribution is -0.0579. The van der Waals surface area contributed by atoms with E-state index in [1.165, 1.54) is 77.7 Å². The van der Waals surface area contributed by atoms with Crippen LogP contribution in [0.5, 0.6) is 0 Å². The minimum atomic E-state index is -2.01. The summed E-state index contributed by atoms with van der Waals surface area (Å²) in [5.74, 6) is 1.08. The van der Waals surface area contributed by atoms with Crippen molar-refractivity contribution >= 4 is 8.32 Å². The van der Waals surface area contributed by atoms with Gasteiger partial charge in [0, 0.05) is 22.7 Å². The molecule has 6 rings (SSSR count). The second-order valence-corrected chi connectivity index (χ2v) is 21.3. The van der Waals surface area contributed by atoms with Crippen LogP contribution in [0.15, 0.2) is 24.3 Å². The molecule has 2 heterocycles. The summed E-state index contributed by atoms with van der Waals surface area (Å²) in [5.41, 5.74) is 9.78. The van der Waals surface area contributed by atoms with Gasteiger partial charge >= 0.3 is 0 Å². The fourth-order valence-electron chi connectivity index (χ4n) is 8.14. The van der Waals surface area contributed by atoms with Crippen LogP contribution in [0.1, 0.15) is 170 Å². The zero-order valence-electron chi connectivity index (χ0n) is 27.5. The van der Waals surface area contributed by atoms with Crippen molar-refractivity contribution in [2.24, 2.45) is 5.41 Å². The maximum Gasteiger partial charge on any atom is 0.192 e. The number of rotatable bonds is 5. The number of hydrogen-bond acceptors (Lipinski definition) is 3. The molecule has 1 spiro atoms. The van der Waals surface area contributed by atoms with Crippen LogP contribution in [-0.2, 0) is 21.2 Å². The molecule has 1 aromatic heterocycles. The summed E-state index contributed by atoms with van der Waals surface area (Å²) in [5, 5.41) is 0.164. The van der Waals surface area contributed by atoms with E-state index >= 15 is 0 Å². The van der Waals surface area contributed by atoms with Gasteiger partial charge in [-0.3, -0.25) is 4.98 Å². The molecule has 0 radical (unpaired) electrons. The molecule has 2 aromatic rings. The van der Waals surface area contributed by atoms with E-state index in [-0.39, 0.29) is 28.3 Å². The van der Waals surface area contributed by atoms with Gasteiger partial charge in [-0.2, -0.15) is 0 Å². The largest absolute Gasteiger partial charge is 0.410 e. The minimum absolute atomic E-state index is 0.0267. The van der Waals surface area contributed by atoms with Crippen molar-refractivity contribution in [3.63, 3.8) is 0 Å². The van der Waals surface area contributed by atoms with Gasteiger partial charge in [0.15, 0.2) is 8.32 Å². The fraction of sp³-hybridized carbons (Fsp3) is 0.703. The summed E-state index contributed by atoms with van der Waals surface area (Å²) < 4.78 is 14.9. The number of aromatic nitrogens is 1. The van der Waals surface area contributed by atoms with Gasteiger partial charge in [0.25, 0.3) is 0 Å². The van der Waals surface area contributed by atoms with E-state index in [4.69, 9.17) is 14.1 Å². The van der Waals surface area contributed by atoms with Crippen LogP contribution in [0.2, 0.25) is 18.1 Å². The van der Waals surface area contributed by atoms with Crippen LogP contribution >= 0.6 is 0 Å². The molecule has 3 aliphatic carbocycles. The Hall–Kier alpha value is -1.49. The molecule has 2 saturated carbocycles. The van der Waals surface area contributed by atoms with Crippen molar-refractivity contribution in [1.82, 2.24) is 4.98 Å². The van der Waals surface area contributed by atoms with E-state index < -0.39 is 8.32 Å². The summed E-state index contributed by atoms with van der Waals surface area (Å²) in [6.45, 7) is 21.4. The third-order valence-electron chi connectivity index (χ3n) is 11.5. The monoisotopic (exact) mass is 573 g/mol. The fourth-order valence-corrected chi connectivity index (χ4v) is 9.41. The summed E-state index contributed by atoms with van der Waals surface area (Å²) in [6.07, 6.45) is 12.1. The summed E-state index contributed by atoms with van der Waals surface area (Å²) in [6, 6.07) is 9.36. The molecule has 4 heteroatoms. The summed E-state index contributed by atoms with van der Waals surface area (Å²) in [7, 11) is -2.01. The first-order chi connectivity index (χ1) is 19.2. The van der Waals surface area contributed by atoms with Crippen LogP contribution in [-0.4, -0.2) is 13.3 Å². The maximum atomic E-state index is 7.45. The van der Waals surface area contributed by atoms with Gasteiger partial charge in [-0.1, -0.05) is 98.4 Å². The van der Waals surface area contributed by atoms with Crippen molar-refractivity contribution in [3.8, 4) is 0 Å². The van der Waals surface area contributed by atoms with Crippen LogP contribution in [0.25, 0.3) is 0 Å². The summed E-state index contributed by atoms with van der Waals surface area (Å²) >= 11 is 0. The Balaban J connectivity index is 1.59. The van der Waals surface area contributed by atoms with E-state index in [0.717, 1.165) is 25.7 Å². The lowest BCUT2D eigenvalue weighted by atomic mass is 9.70. The van der Waals surface area contributed by atoms with E-state index in [2.05, 4.69) is 85.8 Å². The highest BCUT2D eigenvalue weighted by molar-refractivity contribution is 6.74. The molecule has 0 amide bonds. The predicted molar refractivity (Wildman–Crippen MR) is 172 cm³/mol. The minimum Gasteiger partial charge on any atom is -0.410 e. The number of pyridine rings is 1. The Bertz CT molecular complexity index is 1270. The molecular formula is C37H55NO2Si. The lowest BCUT2D eigenvalue weighted by Gasteiger charge is -2.45. The zero-order chi connectivity index (χ0) is 29.4. The molecule has 2 unspecified atom stereocenters. The van der Waals surface area contributed by atoms with Crippen LogP contribution in [0.4, 0.5) is 0 Å². The molecular weight excluding hydrogens is 518 g/mol. The van der Waals surface area contributed by atoms with Crippen LogP contribution < -0.4 is 0 Å². The summed E-state index contributed by atoms with van der Waals surface area (Å²) in [4.78, 5) is 5.74. The van der Waals surface area contributed by atoms with Gasteiger partial charge in [0.05, 0.1) is 17.4 Å². The Morgan fingerprint density at radius 1 is 0.951 bits per heavy atom. The normalized spacial score (nSPS) is 25.7. The van der Waals surface area contributed by atoms with Gasteiger partial charge in [0.2, 0.25) is 0 Å². The molecule has 0 saturated heterocycles. The maximum absolute atomic E-state index is 7.45. The van der Waals surface area contributed by atoms with E-state index in [0.29, 0.717) is 11.8 Å². The zero-order valence-corrected chi connectivity index (χ0v) is 28.5. The predicted octanol–water partition coefficient (Wildman–Crippen LogP) is 10.8. The average Bonchev–Trinajstić information content (AvgIpc) is 3.64. The Morgan fingerprint density at radius 3 is 2.17 bits per heavy atom. The van der Waals surface area contributed by atoms with Crippen molar-refractivity contribution < 1.29 is 9.16 Å². The van der Waals surface area contributed by atoms with Gasteiger partial charge in [0.1, 0.15) is 6.10 Å². The Morgan fingerprint density at radius 2 is 1.59 bits per heavy atom. The van der Waals surface area contributed by atoms with Gasteiger partial charge in [-0.15, -0.1) is 0 Å². The molecule has 2 atom stereocenters. The van der Waals surface area contributed by atoms with Crippen molar-refractivity contribution in [1.29, 1.82) is 0 Å². The molecule has 1 aliphatic heterocycles. The first-order valence-corrected chi connectivity index (χ1v) is 19.6.